The number of halogens is 1. The van der Waals surface area contributed by atoms with Crippen LogP contribution in [0, 0.1) is 11.3 Å². The van der Waals surface area contributed by atoms with Crippen molar-refractivity contribution in [3.8, 4) is 6.07 Å². The smallest absolute Gasteiger partial charge is 0.220 e. The van der Waals surface area contributed by atoms with E-state index < -0.39 is 11.9 Å². The molecule has 1 unspecified atom stereocenters. The number of hydrogen-bond donors (Lipinski definition) is 2. The maximum atomic E-state index is 10.7. The predicted octanol–water partition coefficient (Wildman–Crippen LogP) is 1.63. The van der Waals surface area contributed by atoms with Crippen molar-refractivity contribution >= 4 is 27.5 Å². The van der Waals surface area contributed by atoms with Crippen LogP contribution >= 0.6 is 15.9 Å². The number of nitrogens with zero attached hydrogens (tertiary/aromatic N) is 1. The highest BCUT2D eigenvalue weighted by atomic mass is 79.9. The first-order chi connectivity index (χ1) is 7.13. The third-order valence-corrected chi connectivity index (χ3v) is 2.46. The zero-order valence-electron chi connectivity index (χ0n) is 7.90. The molecular formula is C10H10BrN3O. The summed E-state index contributed by atoms with van der Waals surface area (Å²) in [5, 5.41) is 11.7. The Morgan fingerprint density at radius 1 is 1.60 bits per heavy atom. The zero-order valence-corrected chi connectivity index (χ0v) is 9.49. The summed E-state index contributed by atoms with van der Waals surface area (Å²) >= 11 is 3.33. The minimum Gasteiger partial charge on any atom is -0.370 e. The molecule has 0 aliphatic carbocycles. The van der Waals surface area contributed by atoms with E-state index in [0.717, 1.165) is 10.2 Å². The van der Waals surface area contributed by atoms with E-state index in [1.165, 1.54) is 0 Å². The van der Waals surface area contributed by atoms with Gasteiger partial charge in [0.15, 0.2) is 0 Å². The Hall–Kier alpha value is -1.54. The third-order valence-electron chi connectivity index (χ3n) is 1.76. The van der Waals surface area contributed by atoms with E-state index in [1.54, 1.807) is 0 Å². The lowest BCUT2D eigenvalue weighted by Gasteiger charge is -2.12. The number of nitrogens with one attached hydrogen (secondary N) is 1. The summed E-state index contributed by atoms with van der Waals surface area (Å²) in [5.41, 5.74) is 5.79. The first-order valence-corrected chi connectivity index (χ1v) is 5.11. The van der Waals surface area contributed by atoms with Gasteiger partial charge in [-0.3, -0.25) is 4.79 Å². The van der Waals surface area contributed by atoms with Crippen LogP contribution in [0.5, 0.6) is 0 Å². The lowest BCUT2D eigenvalue weighted by atomic mass is 10.2. The molecule has 0 aliphatic rings. The van der Waals surface area contributed by atoms with Gasteiger partial charge in [-0.1, -0.05) is 12.1 Å². The molecule has 0 fully saturated rings. The minimum atomic E-state index is -0.596. The van der Waals surface area contributed by atoms with E-state index in [-0.39, 0.29) is 6.42 Å². The molecule has 3 N–H and O–H groups in total. The number of primary amides is 1. The van der Waals surface area contributed by atoms with Crippen molar-refractivity contribution in [1.82, 2.24) is 0 Å². The Labute approximate surface area is 96.2 Å². The molecule has 1 aromatic rings. The summed E-state index contributed by atoms with van der Waals surface area (Å²) in [6, 6.07) is 8.75. The zero-order chi connectivity index (χ0) is 11.3. The standard InChI is InChI=1S/C10H10BrN3O/c11-8-3-1-2-4-9(8)14-7(6-12)5-10(13)15/h1-4,7,14H,5H2,(H2,13,15). The van der Waals surface area contributed by atoms with E-state index in [2.05, 4.69) is 21.2 Å². The lowest BCUT2D eigenvalue weighted by molar-refractivity contribution is -0.118. The van der Waals surface area contributed by atoms with Gasteiger partial charge in [-0.25, -0.2) is 0 Å². The van der Waals surface area contributed by atoms with Crippen LogP contribution < -0.4 is 11.1 Å². The van der Waals surface area contributed by atoms with Crippen LogP contribution in [0.15, 0.2) is 28.7 Å². The first kappa shape index (κ1) is 11.5. The number of nitriles is 1. The Kier molecular flexibility index (Phi) is 4.13. The van der Waals surface area contributed by atoms with Gasteiger partial charge in [-0.05, 0) is 28.1 Å². The van der Waals surface area contributed by atoms with Crippen molar-refractivity contribution in [3.63, 3.8) is 0 Å². The number of hydrogen-bond acceptors (Lipinski definition) is 3. The topological polar surface area (TPSA) is 78.9 Å². The van der Waals surface area contributed by atoms with Crippen LogP contribution in [0.25, 0.3) is 0 Å². The molecular weight excluding hydrogens is 258 g/mol. The van der Waals surface area contributed by atoms with Crippen molar-refractivity contribution in [2.24, 2.45) is 5.73 Å². The Balaban J connectivity index is 2.72. The molecule has 5 heteroatoms. The van der Waals surface area contributed by atoms with Crippen LogP contribution in [0.4, 0.5) is 5.69 Å². The van der Waals surface area contributed by atoms with Gasteiger partial charge in [-0.2, -0.15) is 5.26 Å². The number of nitrogens with two attached hydrogens (primary N) is 1. The van der Waals surface area contributed by atoms with E-state index in [1.807, 2.05) is 30.3 Å². The molecule has 1 amide bonds. The summed E-state index contributed by atoms with van der Waals surface area (Å²) in [5.74, 6) is -0.499. The molecule has 4 nitrogen and oxygen atoms in total. The maximum Gasteiger partial charge on any atom is 0.220 e. The van der Waals surface area contributed by atoms with Crippen LogP contribution in [0.1, 0.15) is 6.42 Å². The predicted molar refractivity (Wildman–Crippen MR) is 61.0 cm³/mol. The van der Waals surface area contributed by atoms with E-state index in [9.17, 15) is 4.79 Å². The van der Waals surface area contributed by atoms with E-state index in [0.29, 0.717) is 0 Å². The van der Waals surface area contributed by atoms with Crippen LogP contribution in [-0.4, -0.2) is 11.9 Å². The molecule has 0 saturated carbocycles. The highest BCUT2D eigenvalue weighted by Crippen LogP contribution is 2.22. The molecule has 0 radical (unpaired) electrons. The van der Waals surface area contributed by atoms with Crippen molar-refractivity contribution < 1.29 is 4.79 Å². The molecule has 1 aromatic carbocycles. The number of amides is 1. The van der Waals surface area contributed by atoms with Crippen molar-refractivity contribution in [3.05, 3.63) is 28.7 Å². The number of benzene rings is 1. The number of rotatable bonds is 4. The van der Waals surface area contributed by atoms with Crippen LogP contribution in [-0.2, 0) is 4.79 Å². The minimum absolute atomic E-state index is 0.00215. The Bertz CT molecular complexity index is 400. The Morgan fingerprint density at radius 3 is 2.80 bits per heavy atom. The van der Waals surface area contributed by atoms with Gasteiger partial charge in [0.1, 0.15) is 6.04 Å². The summed E-state index contributed by atoms with van der Waals surface area (Å²) in [7, 11) is 0. The van der Waals surface area contributed by atoms with Gasteiger partial charge < -0.3 is 11.1 Å². The molecule has 15 heavy (non-hydrogen) atoms. The molecule has 0 aliphatic heterocycles. The second kappa shape index (κ2) is 5.37. The first-order valence-electron chi connectivity index (χ1n) is 4.32. The number of anilines is 1. The number of carbonyl (C=O) groups is 1. The molecule has 0 spiro atoms. The summed E-state index contributed by atoms with van der Waals surface area (Å²) in [6.07, 6.45) is -0.00215. The molecule has 0 bridgehead atoms. The lowest BCUT2D eigenvalue weighted by Crippen LogP contribution is -2.25. The van der Waals surface area contributed by atoms with Gasteiger partial charge in [0, 0.05) is 10.2 Å². The van der Waals surface area contributed by atoms with Gasteiger partial charge in [0.05, 0.1) is 12.5 Å². The largest absolute Gasteiger partial charge is 0.370 e. The van der Waals surface area contributed by atoms with Crippen LogP contribution in [0.3, 0.4) is 0 Å². The molecule has 78 valence electrons. The quantitative estimate of drug-likeness (QED) is 0.871. The molecule has 1 atom stereocenters. The summed E-state index contributed by atoms with van der Waals surface area (Å²) < 4.78 is 0.842. The third kappa shape index (κ3) is 3.60. The highest BCUT2D eigenvalue weighted by Gasteiger charge is 2.11. The number of carbonyl (C=O) groups excluding carboxylic acids is 1. The monoisotopic (exact) mass is 267 g/mol. The van der Waals surface area contributed by atoms with Crippen molar-refractivity contribution in [2.75, 3.05) is 5.32 Å². The SMILES string of the molecule is N#CC(CC(N)=O)Nc1ccccc1Br. The fourth-order valence-corrected chi connectivity index (χ4v) is 1.50. The molecule has 0 heterocycles. The normalized spacial score (nSPS) is 11.5. The van der Waals surface area contributed by atoms with E-state index >= 15 is 0 Å². The molecule has 0 saturated heterocycles. The van der Waals surface area contributed by atoms with Gasteiger partial charge in [-0.15, -0.1) is 0 Å². The Morgan fingerprint density at radius 2 is 2.27 bits per heavy atom. The molecule has 1 rings (SSSR count). The average molecular weight is 268 g/mol. The average Bonchev–Trinajstić information content (AvgIpc) is 2.19. The maximum absolute atomic E-state index is 10.7. The highest BCUT2D eigenvalue weighted by molar-refractivity contribution is 9.10. The number of para-hydroxylation sites is 1. The van der Waals surface area contributed by atoms with Crippen molar-refractivity contribution in [2.45, 2.75) is 12.5 Å². The fraction of sp³-hybridized carbons (Fsp3) is 0.200. The van der Waals surface area contributed by atoms with Crippen molar-refractivity contribution in [1.29, 1.82) is 5.26 Å². The molecule has 0 aromatic heterocycles. The van der Waals surface area contributed by atoms with Gasteiger partial charge >= 0.3 is 0 Å². The van der Waals surface area contributed by atoms with Crippen LogP contribution in [0.2, 0.25) is 0 Å². The summed E-state index contributed by atoms with van der Waals surface area (Å²) in [4.78, 5) is 10.7. The second-order valence-corrected chi connectivity index (χ2v) is 3.83. The van der Waals surface area contributed by atoms with Gasteiger partial charge in [0.25, 0.3) is 0 Å². The fourth-order valence-electron chi connectivity index (χ4n) is 1.10. The summed E-state index contributed by atoms with van der Waals surface area (Å²) in [6.45, 7) is 0. The van der Waals surface area contributed by atoms with Gasteiger partial charge in [0.2, 0.25) is 5.91 Å². The van der Waals surface area contributed by atoms with E-state index in [4.69, 9.17) is 11.0 Å². The second-order valence-electron chi connectivity index (χ2n) is 2.98.